The minimum Gasteiger partial charge on any atom is -0.271 e. The molecule has 1 aromatic rings. The van der Waals surface area contributed by atoms with Crippen molar-refractivity contribution in [3.05, 3.63) is 22.7 Å². The summed E-state index contributed by atoms with van der Waals surface area (Å²) in [6.45, 7) is 0. The fourth-order valence-electron chi connectivity index (χ4n) is 2.15. The third-order valence-corrected chi connectivity index (χ3v) is 3.75. The molecule has 0 aromatic carbocycles. The summed E-state index contributed by atoms with van der Waals surface area (Å²) in [5, 5.41) is 3.87. The molecule has 1 atom stereocenters. The maximum absolute atomic E-state index is 5.65. The first kappa shape index (κ1) is 11.7. The number of hydrogen-bond acceptors (Lipinski definition) is 5. The van der Waals surface area contributed by atoms with Gasteiger partial charge in [-0.25, -0.2) is 5.43 Å². The average Bonchev–Trinajstić information content (AvgIpc) is 2.75. The van der Waals surface area contributed by atoms with Crippen LogP contribution in [0.1, 0.15) is 49.4 Å². The second-order valence-corrected chi connectivity index (χ2v) is 4.97. The molecule has 0 bridgehead atoms. The first-order chi connectivity index (χ1) is 7.92. The van der Waals surface area contributed by atoms with Crippen LogP contribution in [0.25, 0.3) is 0 Å². The van der Waals surface area contributed by atoms with Crippen LogP contribution >= 0.6 is 11.5 Å². The maximum atomic E-state index is 5.65. The molecule has 0 spiro atoms. The summed E-state index contributed by atoms with van der Waals surface area (Å²) < 4.78 is 3.90. The van der Waals surface area contributed by atoms with Gasteiger partial charge in [0.1, 0.15) is 0 Å². The number of nitrogens with zero attached hydrogens (tertiary/aromatic N) is 2. The molecular formula is C11H18N4S. The summed E-state index contributed by atoms with van der Waals surface area (Å²) in [6, 6.07) is 0.109. The number of rotatable bonds is 3. The van der Waals surface area contributed by atoms with Crippen molar-refractivity contribution < 1.29 is 0 Å². The smallest absolute Gasteiger partial charge is 0.0794 e. The Morgan fingerprint density at radius 1 is 1.31 bits per heavy atom. The average molecular weight is 238 g/mol. The van der Waals surface area contributed by atoms with Gasteiger partial charge in [-0.3, -0.25) is 5.84 Å². The van der Waals surface area contributed by atoms with E-state index in [1.54, 1.807) is 6.20 Å². The van der Waals surface area contributed by atoms with Gasteiger partial charge in [-0.2, -0.15) is 0 Å². The minimum atomic E-state index is 0.109. The first-order valence-corrected chi connectivity index (χ1v) is 6.61. The van der Waals surface area contributed by atoms with Gasteiger partial charge in [0.2, 0.25) is 0 Å². The molecule has 1 unspecified atom stereocenters. The molecule has 1 heterocycles. The fraction of sp³-hybridized carbons (Fsp3) is 0.636. The lowest BCUT2D eigenvalue weighted by Gasteiger charge is -2.19. The van der Waals surface area contributed by atoms with E-state index < -0.39 is 0 Å². The Morgan fingerprint density at radius 3 is 2.94 bits per heavy atom. The molecular weight excluding hydrogens is 220 g/mol. The van der Waals surface area contributed by atoms with Gasteiger partial charge in [0.05, 0.1) is 17.1 Å². The Kier molecular flexibility index (Phi) is 4.44. The molecule has 4 nitrogen and oxygen atoms in total. The number of hydrogen-bond donors (Lipinski definition) is 2. The maximum Gasteiger partial charge on any atom is 0.0794 e. The van der Waals surface area contributed by atoms with Crippen molar-refractivity contribution in [2.45, 2.75) is 44.6 Å². The number of aromatic nitrogens is 2. The van der Waals surface area contributed by atoms with Crippen molar-refractivity contribution in [1.82, 2.24) is 15.0 Å². The largest absolute Gasteiger partial charge is 0.271 e. The van der Waals surface area contributed by atoms with Gasteiger partial charge in [0.25, 0.3) is 0 Å². The fourth-order valence-corrected chi connectivity index (χ4v) is 2.76. The third-order valence-electron chi connectivity index (χ3n) is 3.03. The van der Waals surface area contributed by atoms with Gasteiger partial charge in [-0.05, 0) is 37.2 Å². The van der Waals surface area contributed by atoms with Crippen LogP contribution in [0.2, 0.25) is 0 Å². The minimum absolute atomic E-state index is 0.109. The van der Waals surface area contributed by atoms with Crippen molar-refractivity contribution in [1.29, 1.82) is 0 Å². The zero-order valence-electron chi connectivity index (χ0n) is 9.35. The molecule has 1 aliphatic rings. The van der Waals surface area contributed by atoms with Crippen LogP contribution in [0.4, 0.5) is 0 Å². The quantitative estimate of drug-likeness (QED) is 0.482. The van der Waals surface area contributed by atoms with Crippen molar-refractivity contribution in [3.8, 4) is 0 Å². The van der Waals surface area contributed by atoms with Crippen LogP contribution in [-0.4, -0.2) is 9.59 Å². The SMILES string of the molecule is NNC(C1=CCCCCCC1)c1cnns1. The first-order valence-electron chi connectivity index (χ1n) is 5.84. The highest BCUT2D eigenvalue weighted by molar-refractivity contribution is 7.05. The van der Waals surface area contributed by atoms with E-state index in [4.69, 9.17) is 5.84 Å². The number of nitrogens with one attached hydrogen (secondary N) is 1. The molecule has 2 rings (SSSR count). The van der Waals surface area contributed by atoms with Gasteiger partial charge >= 0.3 is 0 Å². The monoisotopic (exact) mass is 238 g/mol. The highest BCUT2D eigenvalue weighted by atomic mass is 32.1. The molecule has 16 heavy (non-hydrogen) atoms. The highest BCUT2D eigenvalue weighted by Gasteiger charge is 2.17. The van der Waals surface area contributed by atoms with E-state index in [2.05, 4.69) is 21.1 Å². The van der Waals surface area contributed by atoms with E-state index >= 15 is 0 Å². The van der Waals surface area contributed by atoms with E-state index in [0.29, 0.717) is 0 Å². The summed E-state index contributed by atoms with van der Waals surface area (Å²) in [7, 11) is 0. The Morgan fingerprint density at radius 2 is 2.19 bits per heavy atom. The van der Waals surface area contributed by atoms with Gasteiger partial charge in [0, 0.05) is 0 Å². The van der Waals surface area contributed by atoms with Gasteiger partial charge in [-0.1, -0.05) is 29.0 Å². The molecule has 5 heteroatoms. The molecule has 3 N–H and O–H groups in total. The zero-order chi connectivity index (χ0) is 11.2. The summed E-state index contributed by atoms with van der Waals surface area (Å²) in [5.41, 5.74) is 4.28. The summed E-state index contributed by atoms with van der Waals surface area (Å²) >= 11 is 1.42. The lowest BCUT2D eigenvalue weighted by Crippen LogP contribution is -2.29. The molecule has 0 saturated carbocycles. The molecule has 0 saturated heterocycles. The predicted octanol–water partition coefficient (Wildman–Crippen LogP) is 2.32. The van der Waals surface area contributed by atoms with E-state index in [9.17, 15) is 0 Å². The Labute approximate surface area is 100 Å². The Balaban J connectivity index is 2.12. The van der Waals surface area contributed by atoms with E-state index in [1.807, 2.05) is 0 Å². The van der Waals surface area contributed by atoms with Crippen LogP contribution < -0.4 is 11.3 Å². The molecule has 0 aliphatic heterocycles. The molecule has 1 aliphatic carbocycles. The molecule has 0 amide bonds. The number of hydrazine groups is 1. The third kappa shape index (κ3) is 2.87. The summed E-state index contributed by atoms with van der Waals surface area (Å²) in [5.74, 6) is 5.65. The Bertz CT molecular complexity index is 334. The van der Waals surface area contributed by atoms with Crippen LogP contribution in [0, 0.1) is 0 Å². The lowest BCUT2D eigenvalue weighted by molar-refractivity contribution is 0.559. The van der Waals surface area contributed by atoms with Crippen LogP contribution in [-0.2, 0) is 0 Å². The lowest BCUT2D eigenvalue weighted by atomic mass is 9.95. The van der Waals surface area contributed by atoms with Crippen molar-refractivity contribution in [2.75, 3.05) is 0 Å². The standard InChI is InChI=1S/C11H18N4S/c12-14-11(10-8-13-15-16-10)9-6-4-2-1-3-5-7-9/h6,8,11,14H,1-5,7,12H2. The van der Waals surface area contributed by atoms with Crippen LogP contribution in [0.5, 0.6) is 0 Å². The highest BCUT2D eigenvalue weighted by Crippen LogP contribution is 2.29. The van der Waals surface area contributed by atoms with Crippen molar-refractivity contribution in [3.63, 3.8) is 0 Å². The van der Waals surface area contributed by atoms with Crippen LogP contribution in [0.15, 0.2) is 17.8 Å². The molecule has 0 fully saturated rings. The molecule has 0 radical (unpaired) electrons. The van der Waals surface area contributed by atoms with Crippen molar-refractivity contribution >= 4 is 11.5 Å². The summed E-state index contributed by atoms with van der Waals surface area (Å²) in [4.78, 5) is 1.11. The van der Waals surface area contributed by atoms with Crippen molar-refractivity contribution in [2.24, 2.45) is 5.84 Å². The van der Waals surface area contributed by atoms with Gasteiger partial charge in [0.15, 0.2) is 0 Å². The molecule has 88 valence electrons. The number of allylic oxidation sites excluding steroid dienone is 1. The van der Waals surface area contributed by atoms with E-state index in [1.165, 1.54) is 49.2 Å². The second-order valence-electron chi connectivity index (χ2n) is 4.15. The normalized spacial score (nSPS) is 19.7. The van der Waals surface area contributed by atoms with Crippen LogP contribution in [0.3, 0.4) is 0 Å². The van der Waals surface area contributed by atoms with E-state index in [0.717, 1.165) is 11.3 Å². The molecule has 1 aromatic heterocycles. The Hall–Kier alpha value is -0.780. The van der Waals surface area contributed by atoms with Gasteiger partial charge in [-0.15, -0.1) is 5.10 Å². The zero-order valence-corrected chi connectivity index (χ0v) is 10.2. The second kappa shape index (κ2) is 6.08. The topological polar surface area (TPSA) is 63.8 Å². The number of nitrogens with two attached hydrogens (primary N) is 1. The van der Waals surface area contributed by atoms with Gasteiger partial charge < -0.3 is 0 Å². The predicted molar refractivity (Wildman–Crippen MR) is 65.8 cm³/mol. The van der Waals surface area contributed by atoms with E-state index in [-0.39, 0.29) is 6.04 Å². The summed E-state index contributed by atoms with van der Waals surface area (Å²) in [6.07, 6.45) is 11.7.